The zero-order valence-electron chi connectivity index (χ0n) is 7.73. The summed E-state index contributed by atoms with van der Waals surface area (Å²) in [7, 11) is 0. The highest BCUT2D eigenvalue weighted by molar-refractivity contribution is 5.28. The van der Waals surface area contributed by atoms with Crippen molar-refractivity contribution in [3.63, 3.8) is 0 Å². The summed E-state index contributed by atoms with van der Waals surface area (Å²) in [6, 6.07) is 0.483. The number of hydrogen-bond acceptors (Lipinski definition) is 1. The van der Waals surface area contributed by atoms with E-state index in [-0.39, 0.29) is 0 Å². The van der Waals surface area contributed by atoms with Crippen LogP contribution in [0.2, 0.25) is 0 Å². The fraction of sp³-hybridized carbons (Fsp3) is 0.333. The van der Waals surface area contributed by atoms with Gasteiger partial charge in [-0.3, -0.25) is 0 Å². The zero-order valence-corrected chi connectivity index (χ0v) is 7.73. The number of hydrogen-bond donors (Lipinski definition) is 1. The van der Waals surface area contributed by atoms with E-state index in [1.807, 2.05) is 0 Å². The molecule has 0 unspecified atom stereocenters. The zero-order chi connectivity index (χ0) is 12.6. The average Bonchev–Trinajstić information content (AvgIpc) is 2.14. The van der Waals surface area contributed by atoms with Crippen LogP contribution in [-0.4, -0.2) is 6.18 Å². The van der Waals surface area contributed by atoms with Crippen LogP contribution in [-0.2, 0) is 6.18 Å². The van der Waals surface area contributed by atoms with Crippen molar-refractivity contribution in [2.75, 3.05) is 0 Å². The van der Waals surface area contributed by atoms with Gasteiger partial charge in [0, 0.05) is 0 Å². The fourth-order valence-electron chi connectivity index (χ4n) is 1.10. The van der Waals surface area contributed by atoms with Gasteiger partial charge in [-0.2, -0.15) is 26.3 Å². The lowest BCUT2D eigenvalue weighted by molar-refractivity contribution is -0.150. The van der Waals surface area contributed by atoms with E-state index in [9.17, 15) is 26.3 Å². The molecule has 0 saturated carbocycles. The van der Waals surface area contributed by atoms with E-state index < -0.39 is 29.5 Å². The summed E-state index contributed by atoms with van der Waals surface area (Å²) in [4.78, 5) is 0. The summed E-state index contributed by atoms with van der Waals surface area (Å²) < 4.78 is 73.1. The molecule has 1 aromatic carbocycles. The smallest absolute Gasteiger partial charge is 0.316 e. The summed E-state index contributed by atoms with van der Waals surface area (Å²) >= 11 is 0. The van der Waals surface area contributed by atoms with Crippen molar-refractivity contribution in [2.24, 2.45) is 5.73 Å². The third kappa shape index (κ3) is 2.88. The minimum atomic E-state index is -4.76. The highest BCUT2D eigenvalue weighted by atomic mass is 19.4. The van der Waals surface area contributed by atoms with E-state index in [0.717, 1.165) is 12.1 Å². The molecule has 0 fully saturated rings. The van der Waals surface area contributed by atoms with Gasteiger partial charge >= 0.3 is 12.4 Å². The van der Waals surface area contributed by atoms with Crippen molar-refractivity contribution in [1.29, 1.82) is 0 Å². The molecule has 0 heterocycles. The molecule has 1 aromatic rings. The summed E-state index contributed by atoms with van der Waals surface area (Å²) in [6.45, 7) is 0. The number of halogens is 6. The standard InChI is InChI=1S/C9H7F6N/c10-8(11,12)6-3-1-2-5(4-6)7(16)9(13,14)15/h1-4,7H,16H2/t7-/m1/s1. The molecule has 90 valence electrons. The van der Waals surface area contributed by atoms with Crippen LogP contribution < -0.4 is 5.73 Å². The van der Waals surface area contributed by atoms with Gasteiger partial charge < -0.3 is 5.73 Å². The minimum absolute atomic E-state index is 0.401. The molecule has 0 aliphatic heterocycles. The SMILES string of the molecule is N[C@H](c1cccc(C(F)(F)F)c1)C(F)(F)F. The number of alkyl halides is 6. The van der Waals surface area contributed by atoms with E-state index in [2.05, 4.69) is 0 Å². The van der Waals surface area contributed by atoms with E-state index in [0.29, 0.717) is 12.1 Å². The van der Waals surface area contributed by atoms with Gasteiger partial charge in [-0.15, -0.1) is 0 Å². The topological polar surface area (TPSA) is 26.0 Å². The molecule has 7 heteroatoms. The molecule has 0 spiro atoms. The average molecular weight is 243 g/mol. The van der Waals surface area contributed by atoms with Crippen molar-refractivity contribution in [1.82, 2.24) is 0 Å². The van der Waals surface area contributed by atoms with Gasteiger partial charge in [-0.25, -0.2) is 0 Å². The molecule has 0 amide bonds. The third-order valence-corrected chi connectivity index (χ3v) is 1.93. The second kappa shape index (κ2) is 3.97. The maximum Gasteiger partial charge on any atom is 0.416 e. The van der Waals surface area contributed by atoms with Crippen LogP contribution >= 0.6 is 0 Å². The Balaban J connectivity index is 3.09. The van der Waals surface area contributed by atoms with Gasteiger partial charge in [-0.05, 0) is 17.7 Å². The van der Waals surface area contributed by atoms with Gasteiger partial charge in [-0.1, -0.05) is 12.1 Å². The Morgan fingerprint density at radius 2 is 1.56 bits per heavy atom. The first kappa shape index (κ1) is 12.8. The molecule has 0 aliphatic rings. The van der Waals surface area contributed by atoms with Crippen LogP contribution in [0.15, 0.2) is 24.3 Å². The predicted octanol–water partition coefficient (Wildman–Crippen LogP) is 3.27. The monoisotopic (exact) mass is 243 g/mol. The van der Waals surface area contributed by atoms with Gasteiger partial charge in [0.1, 0.15) is 6.04 Å². The summed E-state index contributed by atoms with van der Waals surface area (Å²) in [5, 5.41) is 0. The maximum atomic E-state index is 12.2. The van der Waals surface area contributed by atoms with Crippen molar-refractivity contribution < 1.29 is 26.3 Å². The number of rotatable bonds is 1. The minimum Gasteiger partial charge on any atom is -0.316 e. The van der Waals surface area contributed by atoms with Crippen molar-refractivity contribution in [2.45, 2.75) is 18.4 Å². The molecular formula is C9H7F6N. The molecule has 0 aromatic heterocycles. The van der Waals surface area contributed by atoms with Crippen LogP contribution in [0.25, 0.3) is 0 Å². The molecule has 0 bridgehead atoms. The fourth-order valence-corrected chi connectivity index (χ4v) is 1.10. The van der Waals surface area contributed by atoms with Crippen LogP contribution in [0.1, 0.15) is 17.2 Å². The molecule has 0 aliphatic carbocycles. The molecule has 0 saturated heterocycles. The van der Waals surface area contributed by atoms with E-state index in [1.165, 1.54) is 0 Å². The van der Waals surface area contributed by atoms with Gasteiger partial charge in [0.15, 0.2) is 0 Å². The number of nitrogens with two attached hydrogens (primary N) is 1. The predicted molar refractivity (Wildman–Crippen MR) is 44.4 cm³/mol. The maximum absolute atomic E-state index is 12.2. The highest BCUT2D eigenvalue weighted by Gasteiger charge is 2.39. The molecule has 1 atom stereocenters. The second-order valence-corrected chi connectivity index (χ2v) is 3.14. The summed E-state index contributed by atoms with van der Waals surface area (Å²) in [6.07, 6.45) is -9.44. The summed E-state index contributed by atoms with van der Waals surface area (Å²) in [5.74, 6) is 0. The largest absolute Gasteiger partial charge is 0.416 e. The lowest BCUT2D eigenvalue weighted by Crippen LogP contribution is -2.28. The van der Waals surface area contributed by atoms with E-state index in [1.54, 1.807) is 0 Å². The van der Waals surface area contributed by atoms with Crippen LogP contribution in [0.3, 0.4) is 0 Å². The van der Waals surface area contributed by atoms with Crippen molar-refractivity contribution in [3.05, 3.63) is 35.4 Å². The van der Waals surface area contributed by atoms with E-state index in [4.69, 9.17) is 5.73 Å². The molecule has 0 radical (unpaired) electrons. The van der Waals surface area contributed by atoms with Crippen LogP contribution in [0.5, 0.6) is 0 Å². The molecule has 16 heavy (non-hydrogen) atoms. The second-order valence-electron chi connectivity index (χ2n) is 3.14. The molecular weight excluding hydrogens is 236 g/mol. The van der Waals surface area contributed by atoms with Crippen molar-refractivity contribution in [3.8, 4) is 0 Å². The molecule has 1 rings (SSSR count). The molecule has 2 N–H and O–H groups in total. The number of benzene rings is 1. The van der Waals surface area contributed by atoms with Crippen molar-refractivity contribution >= 4 is 0 Å². The Kier molecular flexibility index (Phi) is 3.18. The van der Waals surface area contributed by atoms with E-state index >= 15 is 0 Å². The quantitative estimate of drug-likeness (QED) is 0.752. The third-order valence-electron chi connectivity index (χ3n) is 1.93. The highest BCUT2D eigenvalue weighted by Crippen LogP contribution is 2.34. The normalized spacial score (nSPS) is 14.9. The Bertz CT molecular complexity index is 367. The Morgan fingerprint density at radius 3 is 2.00 bits per heavy atom. The van der Waals surface area contributed by atoms with Crippen LogP contribution in [0.4, 0.5) is 26.3 Å². The Hall–Kier alpha value is -1.24. The van der Waals surface area contributed by atoms with Crippen LogP contribution in [0, 0.1) is 0 Å². The Labute approximate surface area is 86.9 Å². The Morgan fingerprint density at radius 1 is 1.00 bits per heavy atom. The van der Waals surface area contributed by atoms with Gasteiger partial charge in [0.2, 0.25) is 0 Å². The molecule has 1 nitrogen and oxygen atoms in total. The van der Waals surface area contributed by atoms with Gasteiger partial charge in [0.25, 0.3) is 0 Å². The first-order chi connectivity index (χ1) is 7.12. The lowest BCUT2D eigenvalue weighted by Gasteiger charge is -2.17. The lowest BCUT2D eigenvalue weighted by atomic mass is 10.0. The summed E-state index contributed by atoms with van der Waals surface area (Å²) in [5.41, 5.74) is 3.03. The first-order valence-electron chi connectivity index (χ1n) is 4.12. The first-order valence-corrected chi connectivity index (χ1v) is 4.12. The van der Waals surface area contributed by atoms with Gasteiger partial charge in [0.05, 0.1) is 5.56 Å².